The highest BCUT2D eigenvalue weighted by atomic mass is 32.2. The molecule has 110 valence electrons. The number of hydrogen-bond donors (Lipinski definition) is 1. The number of benzene rings is 1. The molecule has 0 saturated heterocycles. The summed E-state index contributed by atoms with van der Waals surface area (Å²) in [5.74, 6) is 0. The number of carbonyl (C=O) groups excluding carboxylic acids is 1. The van der Waals surface area contributed by atoms with E-state index in [1.807, 2.05) is 13.1 Å². The average Bonchev–Trinajstić information content (AvgIpc) is 2.48. The molecule has 1 aliphatic carbocycles. The van der Waals surface area contributed by atoms with Gasteiger partial charge in [-0.1, -0.05) is 31.4 Å². The van der Waals surface area contributed by atoms with Crippen LogP contribution in [0.4, 0.5) is 4.79 Å². The van der Waals surface area contributed by atoms with Crippen molar-refractivity contribution in [3.05, 3.63) is 29.8 Å². The van der Waals surface area contributed by atoms with Crippen molar-refractivity contribution in [1.82, 2.24) is 10.2 Å². The lowest BCUT2D eigenvalue weighted by atomic mass is 9.96. The molecule has 0 bridgehead atoms. The van der Waals surface area contributed by atoms with Gasteiger partial charge in [-0.15, -0.1) is 11.8 Å². The van der Waals surface area contributed by atoms with Crippen LogP contribution in [0.25, 0.3) is 0 Å². The van der Waals surface area contributed by atoms with Crippen LogP contribution >= 0.6 is 11.8 Å². The van der Waals surface area contributed by atoms with Crippen molar-refractivity contribution in [3.8, 4) is 0 Å². The number of hydrogen-bond acceptors (Lipinski definition) is 2. The first-order chi connectivity index (χ1) is 9.69. The Morgan fingerprint density at radius 3 is 2.80 bits per heavy atom. The van der Waals surface area contributed by atoms with E-state index in [0.29, 0.717) is 12.6 Å². The highest BCUT2D eigenvalue weighted by molar-refractivity contribution is 7.98. The van der Waals surface area contributed by atoms with Crippen molar-refractivity contribution >= 4 is 17.8 Å². The molecular formula is C16H24N2OS. The standard InChI is InChI=1S/C16H24N2OS/c1-18(12-13-7-6-10-15(11-13)20-2)16(19)17-14-8-4-3-5-9-14/h6-7,10-11,14H,3-5,8-9,12H2,1-2H3,(H,17,19). The first-order valence-corrected chi connectivity index (χ1v) is 8.56. The fourth-order valence-electron chi connectivity index (χ4n) is 2.65. The fraction of sp³-hybridized carbons (Fsp3) is 0.562. The molecule has 0 unspecified atom stereocenters. The van der Waals surface area contributed by atoms with Crippen LogP contribution in [0.15, 0.2) is 29.2 Å². The van der Waals surface area contributed by atoms with Crippen LogP contribution < -0.4 is 5.32 Å². The number of amides is 2. The lowest BCUT2D eigenvalue weighted by Gasteiger charge is -2.26. The molecule has 0 aliphatic heterocycles. The van der Waals surface area contributed by atoms with Crippen LogP contribution in [0.1, 0.15) is 37.7 Å². The Labute approximate surface area is 126 Å². The van der Waals surface area contributed by atoms with Gasteiger partial charge in [0.2, 0.25) is 0 Å². The second kappa shape index (κ2) is 7.58. The van der Waals surface area contributed by atoms with E-state index in [1.165, 1.54) is 29.7 Å². The van der Waals surface area contributed by atoms with Crippen molar-refractivity contribution in [1.29, 1.82) is 0 Å². The van der Waals surface area contributed by atoms with E-state index in [1.54, 1.807) is 16.7 Å². The van der Waals surface area contributed by atoms with Gasteiger partial charge >= 0.3 is 6.03 Å². The molecule has 4 heteroatoms. The van der Waals surface area contributed by atoms with E-state index in [0.717, 1.165) is 12.8 Å². The van der Waals surface area contributed by atoms with Gasteiger partial charge in [-0.2, -0.15) is 0 Å². The third kappa shape index (κ3) is 4.44. The Morgan fingerprint density at radius 1 is 1.35 bits per heavy atom. The molecule has 0 radical (unpaired) electrons. The summed E-state index contributed by atoms with van der Waals surface area (Å²) in [5, 5.41) is 3.15. The van der Waals surface area contributed by atoms with Crippen LogP contribution in [0.2, 0.25) is 0 Å². The van der Waals surface area contributed by atoms with E-state index >= 15 is 0 Å². The number of urea groups is 1. The number of nitrogens with one attached hydrogen (secondary N) is 1. The Hall–Kier alpha value is -1.16. The van der Waals surface area contributed by atoms with Gasteiger partial charge in [0.25, 0.3) is 0 Å². The van der Waals surface area contributed by atoms with Crippen LogP contribution in [0, 0.1) is 0 Å². The average molecular weight is 292 g/mol. The first-order valence-electron chi connectivity index (χ1n) is 7.33. The predicted octanol–water partition coefficient (Wildman–Crippen LogP) is 3.88. The molecular weight excluding hydrogens is 268 g/mol. The smallest absolute Gasteiger partial charge is 0.317 e. The molecule has 2 rings (SSSR count). The molecule has 1 saturated carbocycles. The highest BCUT2D eigenvalue weighted by Crippen LogP contribution is 2.18. The minimum Gasteiger partial charge on any atom is -0.335 e. The Balaban J connectivity index is 1.86. The maximum absolute atomic E-state index is 12.2. The van der Waals surface area contributed by atoms with E-state index in [-0.39, 0.29) is 6.03 Å². The number of rotatable bonds is 4. The number of thioether (sulfide) groups is 1. The molecule has 1 aromatic carbocycles. The number of carbonyl (C=O) groups is 1. The van der Waals surface area contributed by atoms with E-state index in [2.05, 4.69) is 29.8 Å². The van der Waals surface area contributed by atoms with E-state index in [4.69, 9.17) is 0 Å². The summed E-state index contributed by atoms with van der Waals surface area (Å²) in [7, 11) is 1.87. The van der Waals surface area contributed by atoms with Crippen molar-refractivity contribution in [3.63, 3.8) is 0 Å². The van der Waals surface area contributed by atoms with E-state index in [9.17, 15) is 4.79 Å². The van der Waals surface area contributed by atoms with Gasteiger partial charge in [0.1, 0.15) is 0 Å². The van der Waals surface area contributed by atoms with Gasteiger partial charge in [-0.05, 0) is 36.8 Å². The lowest BCUT2D eigenvalue weighted by molar-refractivity contribution is 0.198. The highest BCUT2D eigenvalue weighted by Gasteiger charge is 2.17. The summed E-state index contributed by atoms with van der Waals surface area (Å²) in [6, 6.07) is 8.78. The second-order valence-corrected chi connectivity index (χ2v) is 6.37. The van der Waals surface area contributed by atoms with Crippen molar-refractivity contribution in [2.24, 2.45) is 0 Å². The summed E-state index contributed by atoms with van der Waals surface area (Å²) in [5.41, 5.74) is 1.18. The summed E-state index contributed by atoms with van der Waals surface area (Å²) in [6.45, 7) is 0.660. The van der Waals surface area contributed by atoms with E-state index < -0.39 is 0 Å². The largest absolute Gasteiger partial charge is 0.335 e. The Bertz CT molecular complexity index is 444. The monoisotopic (exact) mass is 292 g/mol. The SMILES string of the molecule is CSc1cccc(CN(C)C(=O)NC2CCCCC2)c1. The maximum Gasteiger partial charge on any atom is 0.317 e. The predicted molar refractivity (Wildman–Crippen MR) is 85.1 cm³/mol. The van der Waals surface area contributed by atoms with Crippen LogP contribution in [0.3, 0.4) is 0 Å². The summed E-state index contributed by atoms with van der Waals surface area (Å²) in [4.78, 5) is 15.2. The molecule has 0 atom stereocenters. The van der Waals surface area contributed by atoms with Gasteiger partial charge in [-0.25, -0.2) is 4.79 Å². The van der Waals surface area contributed by atoms with Gasteiger partial charge in [0, 0.05) is 24.5 Å². The number of nitrogens with zero attached hydrogens (tertiary/aromatic N) is 1. The third-order valence-electron chi connectivity index (χ3n) is 3.83. The molecule has 1 N–H and O–H groups in total. The molecule has 1 fully saturated rings. The maximum atomic E-state index is 12.2. The molecule has 2 amide bonds. The quantitative estimate of drug-likeness (QED) is 0.854. The molecule has 0 heterocycles. The summed E-state index contributed by atoms with van der Waals surface area (Å²) in [6.07, 6.45) is 8.11. The van der Waals surface area contributed by atoms with Crippen LogP contribution in [-0.2, 0) is 6.54 Å². The molecule has 1 aliphatic rings. The summed E-state index contributed by atoms with van der Waals surface area (Å²) < 4.78 is 0. The Kier molecular flexibility index (Phi) is 5.77. The van der Waals surface area contributed by atoms with Gasteiger partial charge < -0.3 is 10.2 Å². The van der Waals surface area contributed by atoms with Crippen LogP contribution in [0.5, 0.6) is 0 Å². The molecule has 0 aromatic heterocycles. The van der Waals surface area contributed by atoms with Gasteiger partial charge in [0.15, 0.2) is 0 Å². The fourth-order valence-corrected chi connectivity index (χ4v) is 3.13. The molecule has 0 spiro atoms. The zero-order valence-corrected chi connectivity index (χ0v) is 13.2. The van der Waals surface area contributed by atoms with Gasteiger partial charge in [-0.3, -0.25) is 0 Å². The zero-order chi connectivity index (χ0) is 14.4. The third-order valence-corrected chi connectivity index (χ3v) is 4.56. The van der Waals surface area contributed by atoms with Crippen molar-refractivity contribution in [2.45, 2.75) is 49.6 Å². The van der Waals surface area contributed by atoms with Crippen LogP contribution in [-0.4, -0.2) is 30.3 Å². The zero-order valence-electron chi connectivity index (χ0n) is 12.4. The molecule has 3 nitrogen and oxygen atoms in total. The van der Waals surface area contributed by atoms with Gasteiger partial charge in [0.05, 0.1) is 0 Å². The summed E-state index contributed by atoms with van der Waals surface area (Å²) >= 11 is 1.73. The normalized spacial score (nSPS) is 15.9. The molecule has 20 heavy (non-hydrogen) atoms. The molecule has 1 aromatic rings. The lowest BCUT2D eigenvalue weighted by Crippen LogP contribution is -2.43. The van der Waals surface area contributed by atoms with Crippen molar-refractivity contribution in [2.75, 3.05) is 13.3 Å². The Morgan fingerprint density at radius 2 is 2.10 bits per heavy atom. The van der Waals surface area contributed by atoms with Crippen molar-refractivity contribution < 1.29 is 4.79 Å². The topological polar surface area (TPSA) is 32.3 Å². The minimum atomic E-state index is 0.0476. The first kappa shape index (κ1) is 15.2. The second-order valence-electron chi connectivity index (χ2n) is 5.49. The minimum absolute atomic E-state index is 0.0476.